The number of aromatic nitrogens is 1. The van der Waals surface area contributed by atoms with Crippen LogP contribution in [0.5, 0.6) is 5.75 Å². The van der Waals surface area contributed by atoms with Crippen LogP contribution in [0, 0.1) is 0 Å². The maximum atomic E-state index is 5.32. The Bertz CT molecular complexity index is 608. The van der Waals surface area contributed by atoms with Gasteiger partial charge in [-0.3, -0.25) is 4.90 Å². The van der Waals surface area contributed by atoms with E-state index in [1.807, 2.05) is 24.4 Å². The summed E-state index contributed by atoms with van der Waals surface area (Å²) in [7, 11) is 1.69. The van der Waals surface area contributed by atoms with Crippen molar-refractivity contribution >= 4 is 16.6 Å². The molecule has 1 aromatic carbocycles. The molecule has 1 atom stereocenters. The average Bonchev–Trinajstić information content (AvgIpc) is 3.06. The van der Waals surface area contributed by atoms with Gasteiger partial charge in [0.15, 0.2) is 0 Å². The van der Waals surface area contributed by atoms with E-state index in [9.17, 15) is 0 Å². The molecule has 0 bridgehead atoms. The Hall–Kier alpha value is -1.81. The van der Waals surface area contributed by atoms with E-state index >= 15 is 0 Å². The molecule has 112 valence electrons. The first-order chi connectivity index (χ1) is 10.3. The van der Waals surface area contributed by atoms with Crippen molar-refractivity contribution in [3.05, 3.63) is 30.5 Å². The van der Waals surface area contributed by atoms with Crippen LogP contribution in [0.15, 0.2) is 30.5 Å². The van der Waals surface area contributed by atoms with Crippen LogP contribution in [-0.4, -0.2) is 42.7 Å². The van der Waals surface area contributed by atoms with Gasteiger partial charge in [0.2, 0.25) is 0 Å². The van der Waals surface area contributed by atoms with Gasteiger partial charge >= 0.3 is 0 Å². The van der Waals surface area contributed by atoms with Gasteiger partial charge in [-0.1, -0.05) is 6.07 Å². The van der Waals surface area contributed by atoms with E-state index in [-0.39, 0.29) is 0 Å². The third-order valence-electron chi connectivity index (χ3n) is 4.30. The number of fused-ring (bicyclic) bond motifs is 1. The number of hydrogen-bond acceptors (Lipinski definition) is 4. The summed E-state index contributed by atoms with van der Waals surface area (Å²) in [4.78, 5) is 7.04. The van der Waals surface area contributed by atoms with E-state index < -0.39 is 0 Å². The normalized spacial score (nSPS) is 17.0. The van der Waals surface area contributed by atoms with Crippen molar-refractivity contribution in [3.8, 4) is 5.75 Å². The lowest BCUT2D eigenvalue weighted by atomic mass is 10.1. The zero-order chi connectivity index (χ0) is 14.7. The molecular formula is C17H23N3O. The van der Waals surface area contributed by atoms with Crippen molar-refractivity contribution in [2.24, 2.45) is 0 Å². The fourth-order valence-corrected chi connectivity index (χ4v) is 2.97. The number of methoxy groups -OCH3 is 1. The number of ether oxygens (including phenoxy) is 1. The summed E-state index contributed by atoms with van der Waals surface area (Å²) in [6.07, 6.45) is 4.51. The molecule has 0 radical (unpaired) electrons. The minimum atomic E-state index is 0.537. The highest BCUT2D eigenvalue weighted by Crippen LogP contribution is 2.25. The molecule has 1 N–H and O–H groups in total. The Morgan fingerprint density at radius 1 is 1.29 bits per heavy atom. The Labute approximate surface area is 126 Å². The zero-order valence-corrected chi connectivity index (χ0v) is 12.8. The van der Waals surface area contributed by atoms with Crippen LogP contribution in [-0.2, 0) is 0 Å². The number of hydrogen-bond donors (Lipinski definition) is 1. The van der Waals surface area contributed by atoms with Gasteiger partial charge in [0.05, 0.1) is 7.11 Å². The van der Waals surface area contributed by atoms with Gasteiger partial charge in [-0.2, -0.15) is 0 Å². The number of anilines is 1. The van der Waals surface area contributed by atoms with E-state index in [2.05, 4.69) is 28.2 Å². The topological polar surface area (TPSA) is 37.4 Å². The van der Waals surface area contributed by atoms with E-state index in [4.69, 9.17) is 4.74 Å². The summed E-state index contributed by atoms with van der Waals surface area (Å²) in [5, 5.41) is 5.81. The number of benzene rings is 1. The highest BCUT2D eigenvalue weighted by molar-refractivity contribution is 5.92. The van der Waals surface area contributed by atoms with E-state index in [1.54, 1.807) is 7.11 Å². The molecule has 2 aromatic rings. The first-order valence-electron chi connectivity index (χ1n) is 7.68. The number of nitrogens with zero attached hydrogens (tertiary/aromatic N) is 2. The molecule has 1 fully saturated rings. The van der Waals surface area contributed by atoms with Gasteiger partial charge in [-0.15, -0.1) is 0 Å². The summed E-state index contributed by atoms with van der Waals surface area (Å²) >= 11 is 0. The predicted octanol–water partition coefficient (Wildman–Crippen LogP) is 3.14. The lowest BCUT2D eigenvalue weighted by Gasteiger charge is -2.24. The molecule has 0 saturated carbocycles. The largest absolute Gasteiger partial charge is 0.497 e. The standard InChI is InChI=1S/C17H23N3O/c1-13(20-9-3-4-10-20)12-19-17-16-11-15(21-2)6-5-14(16)7-8-18-17/h5-8,11,13H,3-4,9-10,12H2,1-2H3,(H,18,19). The number of nitrogens with one attached hydrogen (secondary N) is 1. The van der Waals surface area contributed by atoms with Crippen LogP contribution in [0.1, 0.15) is 19.8 Å². The third-order valence-corrected chi connectivity index (χ3v) is 4.30. The molecule has 3 rings (SSSR count). The van der Waals surface area contributed by atoms with Gasteiger partial charge in [0.25, 0.3) is 0 Å². The third kappa shape index (κ3) is 3.10. The summed E-state index contributed by atoms with van der Waals surface area (Å²) in [5.41, 5.74) is 0. The van der Waals surface area contributed by atoms with Crippen molar-refractivity contribution in [1.29, 1.82) is 0 Å². The van der Waals surface area contributed by atoms with E-state index in [0.29, 0.717) is 6.04 Å². The molecule has 4 nitrogen and oxygen atoms in total. The minimum absolute atomic E-state index is 0.537. The van der Waals surface area contributed by atoms with Crippen LogP contribution in [0.2, 0.25) is 0 Å². The fraction of sp³-hybridized carbons (Fsp3) is 0.471. The summed E-state index contributed by atoms with van der Waals surface area (Å²) in [6, 6.07) is 8.68. The van der Waals surface area contributed by atoms with Crippen molar-refractivity contribution in [1.82, 2.24) is 9.88 Å². The zero-order valence-electron chi connectivity index (χ0n) is 12.8. The first-order valence-corrected chi connectivity index (χ1v) is 7.68. The second kappa shape index (κ2) is 6.31. The monoisotopic (exact) mass is 285 g/mol. The molecule has 1 saturated heterocycles. The quantitative estimate of drug-likeness (QED) is 0.916. The smallest absolute Gasteiger partial charge is 0.134 e. The van der Waals surface area contributed by atoms with Crippen LogP contribution in [0.3, 0.4) is 0 Å². The maximum Gasteiger partial charge on any atom is 0.134 e. The molecule has 4 heteroatoms. The molecular weight excluding hydrogens is 262 g/mol. The van der Waals surface area contributed by atoms with Crippen LogP contribution >= 0.6 is 0 Å². The van der Waals surface area contributed by atoms with Crippen molar-refractivity contribution < 1.29 is 4.74 Å². The maximum absolute atomic E-state index is 5.32. The molecule has 0 amide bonds. The lowest BCUT2D eigenvalue weighted by Crippen LogP contribution is -2.35. The molecule has 1 aliphatic heterocycles. The highest BCUT2D eigenvalue weighted by atomic mass is 16.5. The average molecular weight is 285 g/mol. The molecule has 1 aromatic heterocycles. The Morgan fingerprint density at radius 3 is 2.86 bits per heavy atom. The van der Waals surface area contributed by atoms with Gasteiger partial charge in [-0.25, -0.2) is 4.98 Å². The molecule has 0 aliphatic carbocycles. The number of pyridine rings is 1. The Morgan fingerprint density at radius 2 is 2.10 bits per heavy atom. The molecule has 21 heavy (non-hydrogen) atoms. The summed E-state index contributed by atoms with van der Waals surface area (Å²) in [6.45, 7) is 5.65. The second-order valence-corrected chi connectivity index (χ2v) is 5.72. The minimum Gasteiger partial charge on any atom is -0.497 e. The Balaban J connectivity index is 1.76. The molecule has 2 heterocycles. The predicted molar refractivity (Wildman–Crippen MR) is 87.1 cm³/mol. The Kier molecular flexibility index (Phi) is 4.25. The molecule has 1 aliphatic rings. The highest BCUT2D eigenvalue weighted by Gasteiger charge is 2.17. The second-order valence-electron chi connectivity index (χ2n) is 5.72. The van der Waals surface area contributed by atoms with Gasteiger partial charge in [0, 0.05) is 24.2 Å². The van der Waals surface area contributed by atoms with Gasteiger partial charge in [-0.05, 0) is 56.4 Å². The SMILES string of the molecule is COc1ccc2ccnc(NCC(C)N3CCCC3)c2c1. The van der Waals surface area contributed by atoms with Crippen molar-refractivity contribution in [3.63, 3.8) is 0 Å². The molecule has 1 unspecified atom stereocenters. The summed E-state index contributed by atoms with van der Waals surface area (Å²) < 4.78 is 5.32. The molecule has 0 spiro atoms. The van der Waals surface area contributed by atoms with Crippen molar-refractivity contribution in [2.75, 3.05) is 32.1 Å². The number of rotatable bonds is 5. The van der Waals surface area contributed by atoms with E-state index in [0.717, 1.165) is 23.5 Å². The van der Waals surface area contributed by atoms with Crippen LogP contribution < -0.4 is 10.1 Å². The lowest BCUT2D eigenvalue weighted by molar-refractivity contribution is 0.269. The van der Waals surface area contributed by atoms with Crippen LogP contribution in [0.25, 0.3) is 10.8 Å². The van der Waals surface area contributed by atoms with Gasteiger partial charge in [0.1, 0.15) is 11.6 Å². The fourth-order valence-electron chi connectivity index (χ4n) is 2.97. The van der Waals surface area contributed by atoms with Crippen LogP contribution in [0.4, 0.5) is 5.82 Å². The van der Waals surface area contributed by atoms with E-state index in [1.165, 1.54) is 31.3 Å². The number of likely N-dealkylation sites (tertiary alicyclic amines) is 1. The summed E-state index contributed by atoms with van der Waals surface area (Å²) in [5.74, 6) is 1.81. The first kappa shape index (κ1) is 14.1. The van der Waals surface area contributed by atoms with Crippen molar-refractivity contribution in [2.45, 2.75) is 25.8 Å². The van der Waals surface area contributed by atoms with Gasteiger partial charge < -0.3 is 10.1 Å².